The average Bonchev–Trinajstić information content (AvgIpc) is 2.53. The van der Waals surface area contributed by atoms with Crippen molar-refractivity contribution in [3.63, 3.8) is 0 Å². The summed E-state index contributed by atoms with van der Waals surface area (Å²) in [6, 6.07) is 14.5. The molecule has 0 aromatic heterocycles. The van der Waals surface area contributed by atoms with E-state index in [0.29, 0.717) is 19.8 Å². The van der Waals surface area contributed by atoms with Crippen LogP contribution in [0.4, 0.5) is 0 Å². The highest BCUT2D eigenvalue weighted by Gasteiger charge is 2.06. The number of nitrogens with two attached hydrogens (primary N) is 1. The first-order valence-corrected chi connectivity index (χ1v) is 7.71. The molecule has 0 aliphatic carbocycles. The smallest absolute Gasteiger partial charge is 0.0701 e. The third-order valence-electron chi connectivity index (χ3n) is 3.51. The van der Waals surface area contributed by atoms with Gasteiger partial charge in [-0.1, -0.05) is 49.7 Å². The van der Waals surface area contributed by atoms with Crippen molar-refractivity contribution in [3.05, 3.63) is 48.0 Å². The molecule has 0 bridgehead atoms. The zero-order valence-electron chi connectivity index (χ0n) is 12.8. The van der Waals surface area contributed by atoms with Gasteiger partial charge in [-0.3, -0.25) is 0 Å². The molecule has 0 saturated carbocycles. The van der Waals surface area contributed by atoms with Gasteiger partial charge in [0.25, 0.3) is 0 Å². The number of fused-ring (bicyclic) bond motifs is 1. The van der Waals surface area contributed by atoms with E-state index in [9.17, 15) is 0 Å². The first kappa shape index (κ1) is 16.0. The van der Waals surface area contributed by atoms with Gasteiger partial charge in [0.05, 0.1) is 25.9 Å². The molecule has 114 valence electrons. The van der Waals surface area contributed by atoms with Gasteiger partial charge >= 0.3 is 0 Å². The van der Waals surface area contributed by atoms with Gasteiger partial charge in [0, 0.05) is 6.61 Å². The Morgan fingerprint density at radius 3 is 2.52 bits per heavy atom. The quantitative estimate of drug-likeness (QED) is 0.716. The fraction of sp³-hybridized carbons (Fsp3) is 0.444. The Balaban J connectivity index is 1.75. The minimum Gasteiger partial charge on any atom is -0.379 e. The highest BCUT2D eigenvalue weighted by atomic mass is 16.5. The Labute approximate surface area is 127 Å². The van der Waals surface area contributed by atoms with E-state index in [1.165, 1.54) is 10.8 Å². The lowest BCUT2D eigenvalue weighted by Gasteiger charge is -2.13. The molecule has 0 amide bonds. The first-order valence-electron chi connectivity index (χ1n) is 7.71. The Kier molecular flexibility index (Phi) is 6.67. The van der Waals surface area contributed by atoms with Crippen molar-refractivity contribution in [1.82, 2.24) is 0 Å². The predicted molar refractivity (Wildman–Crippen MR) is 87.4 cm³/mol. The number of hydrogen-bond donors (Lipinski definition) is 1. The molecule has 2 aromatic carbocycles. The van der Waals surface area contributed by atoms with Gasteiger partial charge in [-0.2, -0.15) is 0 Å². The van der Waals surface area contributed by atoms with E-state index in [2.05, 4.69) is 37.3 Å². The van der Waals surface area contributed by atoms with E-state index in [1.54, 1.807) is 0 Å². The topological polar surface area (TPSA) is 44.5 Å². The number of ether oxygens (including phenoxy) is 2. The molecule has 1 atom stereocenters. The summed E-state index contributed by atoms with van der Waals surface area (Å²) in [5.74, 6) is 0. The van der Waals surface area contributed by atoms with Crippen molar-refractivity contribution in [2.45, 2.75) is 25.8 Å². The predicted octanol–water partition coefficient (Wildman–Crippen LogP) is 3.67. The van der Waals surface area contributed by atoms with Crippen molar-refractivity contribution >= 4 is 10.8 Å². The molecule has 3 nitrogen and oxygen atoms in total. The first-order chi connectivity index (χ1) is 10.3. The van der Waals surface area contributed by atoms with Crippen LogP contribution >= 0.6 is 0 Å². The van der Waals surface area contributed by atoms with Gasteiger partial charge in [-0.15, -0.1) is 0 Å². The van der Waals surface area contributed by atoms with Gasteiger partial charge in [-0.25, -0.2) is 0 Å². The van der Waals surface area contributed by atoms with Crippen LogP contribution in [0, 0.1) is 0 Å². The maximum atomic E-state index is 6.18. The molecular weight excluding hydrogens is 262 g/mol. The Morgan fingerprint density at radius 1 is 0.952 bits per heavy atom. The third-order valence-corrected chi connectivity index (χ3v) is 3.51. The van der Waals surface area contributed by atoms with Gasteiger partial charge in [0.15, 0.2) is 0 Å². The average molecular weight is 287 g/mol. The molecule has 2 N–H and O–H groups in total. The summed E-state index contributed by atoms with van der Waals surface area (Å²) < 4.78 is 11.0. The highest BCUT2D eigenvalue weighted by Crippen LogP contribution is 2.19. The summed E-state index contributed by atoms with van der Waals surface area (Å²) in [5.41, 5.74) is 7.29. The summed E-state index contributed by atoms with van der Waals surface area (Å²) in [6.45, 7) is 4.74. The van der Waals surface area contributed by atoms with Gasteiger partial charge < -0.3 is 15.2 Å². The van der Waals surface area contributed by atoms with Crippen molar-refractivity contribution in [2.24, 2.45) is 5.73 Å². The highest BCUT2D eigenvalue weighted by molar-refractivity contribution is 5.83. The van der Waals surface area contributed by atoms with Crippen molar-refractivity contribution < 1.29 is 9.47 Å². The number of unbranched alkanes of at least 4 members (excludes halogenated alkanes) is 1. The molecule has 3 heteroatoms. The lowest BCUT2D eigenvalue weighted by atomic mass is 10.0. The molecule has 21 heavy (non-hydrogen) atoms. The van der Waals surface area contributed by atoms with E-state index in [-0.39, 0.29) is 6.04 Å². The van der Waals surface area contributed by atoms with Gasteiger partial charge in [0.1, 0.15) is 0 Å². The van der Waals surface area contributed by atoms with Crippen molar-refractivity contribution in [2.75, 3.05) is 26.4 Å². The molecule has 0 saturated heterocycles. The summed E-state index contributed by atoms with van der Waals surface area (Å²) in [6.07, 6.45) is 2.27. The van der Waals surface area contributed by atoms with Crippen LogP contribution in [0.3, 0.4) is 0 Å². The second-order valence-electron chi connectivity index (χ2n) is 5.25. The number of benzene rings is 2. The minimum absolute atomic E-state index is 0.0924. The lowest BCUT2D eigenvalue weighted by Crippen LogP contribution is -2.18. The van der Waals surface area contributed by atoms with E-state index in [0.717, 1.165) is 25.0 Å². The third kappa shape index (κ3) is 5.12. The largest absolute Gasteiger partial charge is 0.379 e. The standard InChI is InChI=1S/C18H25NO2/c1-2-3-10-20-11-12-21-14-18(19)17-9-8-15-6-4-5-7-16(15)13-17/h4-9,13,18H,2-3,10-12,14,19H2,1H3. The molecule has 0 radical (unpaired) electrons. The second-order valence-corrected chi connectivity index (χ2v) is 5.25. The molecule has 0 fully saturated rings. The fourth-order valence-corrected chi connectivity index (χ4v) is 2.21. The molecule has 1 unspecified atom stereocenters. The Hall–Kier alpha value is -1.42. The molecule has 2 rings (SSSR count). The fourth-order valence-electron chi connectivity index (χ4n) is 2.21. The summed E-state index contributed by atoms with van der Waals surface area (Å²) in [7, 11) is 0. The van der Waals surface area contributed by atoms with Crippen LogP contribution in [0.5, 0.6) is 0 Å². The minimum atomic E-state index is -0.0924. The van der Waals surface area contributed by atoms with Gasteiger partial charge in [-0.05, 0) is 28.8 Å². The van der Waals surface area contributed by atoms with Crippen LogP contribution in [0.1, 0.15) is 31.4 Å². The zero-order chi connectivity index (χ0) is 14.9. The SMILES string of the molecule is CCCCOCCOCC(N)c1ccc2ccccc2c1. The monoisotopic (exact) mass is 287 g/mol. The van der Waals surface area contributed by atoms with Gasteiger partial charge in [0.2, 0.25) is 0 Å². The van der Waals surface area contributed by atoms with E-state index in [1.807, 2.05) is 12.1 Å². The van der Waals surface area contributed by atoms with Crippen LogP contribution in [-0.4, -0.2) is 26.4 Å². The van der Waals surface area contributed by atoms with Crippen LogP contribution in [-0.2, 0) is 9.47 Å². The zero-order valence-corrected chi connectivity index (χ0v) is 12.8. The van der Waals surface area contributed by atoms with E-state index in [4.69, 9.17) is 15.2 Å². The number of rotatable bonds is 9. The molecule has 0 aliphatic rings. The van der Waals surface area contributed by atoms with Crippen LogP contribution in [0.25, 0.3) is 10.8 Å². The molecular formula is C18H25NO2. The molecule has 0 aliphatic heterocycles. The van der Waals surface area contributed by atoms with E-state index >= 15 is 0 Å². The summed E-state index contributed by atoms with van der Waals surface area (Å²) in [5, 5.41) is 2.45. The maximum Gasteiger partial charge on any atom is 0.0701 e. The number of hydrogen-bond acceptors (Lipinski definition) is 3. The van der Waals surface area contributed by atoms with E-state index < -0.39 is 0 Å². The van der Waals surface area contributed by atoms with Crippen LogP contribution < -0.4 is 5.73 Å². The molecule has 2 aromatic rings. The Morgan fingerprint density at radius 2 is 1.71 bits per heavy atom. The second kappa shape index (κ2) is 8.78. The Bertz CT molecular complexity index is 541. The summed E-state index contributed by atoms with van der Waals surface area (Å²) in [4.78, 5) is 0. The van der Waals surface area contributed by atoms with Crippen molar-refractivity contribution in [3.8, 4) is 0 Å². The molecule has 0 spiro atoms. The maximum absolute atomic E-state index is 6.18. The van der Waals surface area contributed by atoms with Crippen molar-refractivity contribution in [1.29, 1.82) is 0 Å². The summed E-state index contributed by atoms with van der Waals surface area (Å²) >= 11 is 0. The molecule has 0 heterocycles. The van der Waals surface area contributed by atoms with Crippen LogP contribution in [0.2, 0.25) is 0 Å². The van der Waals surface area contributed by atoms with Crippen LogP contribution in [0.15, 0.2) is 42.5 Å². The normalized spacial score (nSPS) is 12.7. The lowest BCUT2D eigenvalue weighted by molar-refractivity contribution is 0.0416.